The highest BCUT2D eigenvalue weighted by Crippen LogP contribution is 2.31. The standard InChI is InChI=1S/C16H23N3/c1-11-7-15-16(8-12(11)2)19(10-18-15)14-6-4-5-13(9-14)17-3/h7-8,10,13-14,17H,4-6,9H2,1-3H3. The van der Waals surface area contributed by atoms with Gasteiger partial charge in [0.15, 0.2) is 0 Å². The van der Waals surface area contributed by atoms with Gasteiger partial charge >= 0.3 is 0 Å². The highest BCUT2D eigenvalue weighted by Gasteiger charge is 2.23. The van der Waals surface area contributed by atoms with Gasteiger partial charge in [-0.15, -0.1) is 0 Å². The van der Waals surface area contributed by atoms with E-state index in [9.17, 15) is 0 Å². The normalized spacial score (nSPS) is 23.9. The average molecular weight is 257 g/mol. The van der Waals surface area contributed by atoms with Gasteiger partial charge in [-0.3, -0.25) is 0 Å². The van der Waals surface area contributed by atoms with Crippen LogP contribution < -0.4 is 5.32 Å². The summed E-state index contributed by atoms with van der Waals surface area (Å²) in [5.74, 6) is 0. The number of hydrogen-bond acceptors (Lipinski definition) is 2. The van der Waals surface area contributed by atoms with E-state index in [1.165, 1.54) is 42.3 Å². The van der Waals surface area contributed by atoms with E-state index in [0.29, 0.717) is 12.1 Å². The van der Waals surface area contributed by atoms with Crippen LogP contribution >= 0.6 is 0 Å². The summed E-state index contributed by atoms with van der Waals surface area (Å²) in [4.78, 5) is 4.59. The molecule has 1 aromatic carbocycles. The van der Waals surface area contributed by atoms with Gasteiger partial charge in [-0.05, 0) is 69.8 Å². The van der Waals surface area contributed by atoms with Gasteiger partial charge in [-0.1, -0.05) is 0 Å². The highest BCUT2D eigenvalue weighted by atomic mass is 15.1. The van der Waals surface area contributed by atoms with Gasteiger partial charge in [-0.25, -0.2) is 4.98 Å². The van der Waals surface area contributed by atoms with Crippen LogP contribution in [0.1, 0.15) is 42.9 Å². The maximum Gasteiger partial charge on any atom is 0.0960 e. The van der Waals surface area contributed by atoms with E-state index >= 15 is 0 Å². The van der Waals surface area contributed by atoms with Gasteiger partial charge in [-0.2, -0.15) is 0 Å². The molecule has 102 valence electrons. The van der Waals surface area contributed by atoms with E-state index in [-0.39, 0.29) is 0 Å². The zero-order valence-corrected chi connectivity index (χ0v) is 12.1. The number of hydrogen-bond donors (Lipinski definition) is 1. The van der Waals surface area contributed by atoms with E-state index in [2.05, 4.69) is 47.9 Å². The monoisotopic (exact) mass is 257 g/mol. The van der Waals surface area contributed by atoms with Gasteiger partial charge in [0.1, 0.15) is 0 Å². The average Bonchev–Trinajstić information content (AvgIpc) is 2.82. The second kappa shape index (κ2) is 4.97. The first kappa shape index (κ1) is 12.7. The molecule has 19 heavy (non-hydrogen) atoms. The van der Waals surface area contributed by atoms with Crippen LogP contribution in [0.3, 0.4) is 0 Å². The highest BCUT2D eigenvalue weighted by molar-refractivity contribution is 5.77. The van der Waals surface area contributed by atoms with E-state index in [1.807, 2.05) is 6.33 Å². The minimum Gasteiger partial charge on any atom is -0.327 e. The lowest BCUT2D eigenvalue weighted by atomic mass is 9.91. The summed E-state index contributed by atoms with van der Waals surface area (Å²) in [5.41, 5.74) is 5.12. The van der Waals surface area contributed by atoms with Crippen molar-refractivity contribution in [1.82, 2.24) is 14.9 Å². The Labute approximate surface area is 115 Å². The van der Waals surface area contributed by atoms with E-state index in [0.717, 1.165) is 5.52 Å². The van der Waals surface area contributed by atoms with Crippen molar-refractivity contribution in [2.45, 2.75) is 51.6 Å². The summed E-state index contributed by atoms with van der Waals surface area (Å²) in [5, 5.41) is 3.43. The largest absolute Gasteiger partial charge is 0.327 e. The minimum atomic E-state index is 0.596. The van der Waals surface area contributed by atoms with Crippen molar-refractivity contribution in [3.63, 3.8) is 0 Å². The molecule has 1 saturated carbocycles. The summed E-state index contributed by atoms with van der Waals surface area (Å²) in [6, 6.07) is 5.75. The van der Waals surface area contributed by atoms with Gasteiger partial charge in [0, 0.05) is 12.1 Å². The molecule has 3 nitrogen and oxygen atoms in total. The third-order valence-corrected chi connectivity index (χ3v) is 4.64. The molecule has 1 N–H and O–H groups in total. The summed E-state index contributed by atoms with van der Waals surface area (Å²) in [6.45, 7) is 4.34. The molecule has 1 aromatic heterocycles. The predicted molar refractivity (Wildman–Crippen MR) is 79.6 cm³/mol. The minimum absolute atomic E-state index is 0.596. The number of aromatic nitrogens is 2. The molecular formula is C16H23N3. The molecule has 0 aliphatic heterocycles. The molecule has 0 bridgehead atoms. The first-order valence-electron chi connectivity index (χ1n) is 7.30. The lowest BCUT2D eigenvalue weighted by Gasteiger charge is -2.30. The van der Waals surface area contributed by atoms with Crippen molar-refractivity contribution in [1.29, 1.82) is 0 Å². The van der Waals surface area contributed by atoms with Crippen molar-refractivity contribution in [3.8, 4) is 0 Å². The van der Waals surface area contributed by atoms with Crippen molar-refractivity contribution in [2.24, 2.45) is 0 Å². The van der Waals surface area contributed by atoms with Crippen molar-refractivity contribution in [2.75, 3.05) is 7.05 Å². The molecule has 2 unspecified atom stereocenters. The van der Waals surface area contributed by atoms with E-state index in [4.69, 9.17) is 0 Å². The van der Waals surface area contributed by atoms with Crippen molar-refractivity contribution < 1.29 is 0 Å². The van der Waals surface area contributed by atoms with Gasteiger partial charge < -0.3 is 9.88 Å². The molecule has 1 aliphatic carbocycles. The number of rotatable bonds is 2. The van der Waals surface area contributed by atoms with Gasteiger partial charge in [0.05, 0.1) is 17.4 Å². The third kappa shape index (κ3) is 2.27. The third-order valence-electron chi connectivity index (χ3n) is 4.64. The fraction of sp³-hybridized carbons (Fsp3) is 0.562. The number of imidazole rings is 1. The second-order valence-corrected chi connectivity index (χ2v) is 5.88. The molecular weight excluding hydrogens is 234 g/mol. The number of nitrogens with one attached hydrogen (secondary N) is 1. The maximum absolute atomic E-state index is 4.59. The molecule has 0 saturated heterocycles. The first-order valence-corrected chi connectivity index (χ1v) is 7.30. The van der Waals surface area contributed by atoms with Crippen LogP contribution in [0.15, 0.2) is 18.5 Å². The van der Waals surface area contributed by atoms with Crippen LogP contribution in [0, 0.1) is 13.8 Å². The molecule has 1 aliphatic rings. The van der Waals surface area contributed by atoms with Crippen LogP contribution in [-0.4, -0.2) is 22.6 Å². The SMILES string of the molecule is CNC1CCCC(n2cnc3cc(C)c(C)cc32)C1. The summed E-state index contributed by atoms with van der Waals surface area (Å²) in [6.07, 6.45) is 7.14. The van der Waals surface area contributed by atoms with Crippen molar-refractivity contribution in [3.05, 3.63) is 29.6 Å². The molecule has 1 fully saturated rings. The Kier molecular flexibility index (Phi) is 3.31. The molecule has 0 amide bonds. The Hall–Kier alpha value is -1.35. The molecule has 0 radical (unpaired) electrons. The summed E-state index contributed by atoms with van der Waals surface area (Å²) < 4.78 is 2.39. The lowest BCUT2D eigenvalue weighted by molar-refractivity contribution is 0.299. The van der Waals surface area contributed by atoms with Crippen LogP contribution in [0.2, 0.25) is 0 Å². The van der Waals surface area contributed by atoms with E-state index in [1.54, 1.807) is 0 Å². The van der Waals surface area contributed by atoms with Crippen LogP contribution in [-0.2, 0) is 0 Å². The molecule has 1 heterocycles. The number of fused-ring (bicyclic) bond motifs is 1. The van der Waals surface area contributed by atoms with Crippen LogP contribution in [0.5, 0.6) is 0 Å². The quantitative estimate of drug-likeness (QED) is 0.894. The van der Waals surface area contributed by atoms with Gasteiger partial charge in [0.2, 0.25) is 0 Å². The Bertz CT molecular complexity index is 585. The van der Waals surface area contributed by atoms with Gasteiger partial charge in [0.25, 0.3) is 0 Å². The molecule has 2 aromatic rings. The zero-order valence-electron chi connectivity index (χ0n) is 12.1. The molecule has 3 rings (SSSR count). The number of aryl methyl sites for hydroxylation is 2. The second-order valence-electron chi connectivity index (χ2n) is 5.88. The smallest absolute Gasteiger partial charge is 0.0960 e. The van der Waals surface area contributed by atoms with E-state index < -0.39 is 0 Å². The Morgan fingerprint density at radius 3 is 2.79 bits per heavy atom. The maximum atomic E-state index is 4.59. The first-order chi connectivity index (χ1) is 9.19. The number of nitrogens with zero attached hydrogens (tertiary/aromatic N) is 2. The zero-order chi connectivity index (χ0) is 13.4. The summed E-state index contributed by atoms with van der Waals surface area (Å²) in [7, 11) is 2.08. The molecule has 3 heteroatoms. The Balaban J connectivity index is 1.98. The number of benzene rings is 1. The lowest BCUT2D eigenvalue weighted by Crippen LogP contribution is -2.32. The Morgan fingerprint density at radius 1 is 1.21 bits per heavy atom. The van der Waals surface area contributed by atoms with Crippen LogP contribution in [0.4, 0.5) is 0 Å². The topological polar surface area (TPSA) is 29.9 Å². The summed E-state index contributed by atoms with van der Waals surface area (Å²) >= 11 is 0. The molecule has 2 atom stereocenters. The molecule has 0 spiro atoms. The fourth-order valence-electron chi connectivity index (χ4n) is 3.25. The van der Waals surface area contributed by atoms with Crippen LogP contribution in [0.25, 0.3) is 11.0 Å². The predicted octanol–water partition coefficient (Wildman–Crippen LogP) is 3.36. The fourth-order valence-corrected chi connectivity index (χ4v) is 3.25. The van der Waals surface area contributed by atoms with Crippen molar-refractivity contribution >= 4 is 11.0 Å². The Morgan fingerprint density at radius 2 is 2.00 bits per heavy atom.